The summed E-state index contributed by atoms with van der Waals surface area (Å²) in [6.45, 7) is 3.45. The Morgan fingerprint density at radius 3 is 2.32 bits per heavy atom. The molecule has 2 aliphatic rings. The Labute approximate surface area is 193 Å². The highest BCUT2D eigenvalue weighted by molar-refractivity contribution is 5.93. The van der Waals surface area contributed by atoms with Crippen molar-refractivity contribution in [3.8, 4) is 11.5 Å². The van der Waals surface area contributed by atoms with Crippen molar-refractivity contribution in [1.82, 2.24) is 0 Å². The number of allylic oxidation sites excluding steroid dienone is 3. The van der Waals surface area contributed by atoms with E-state index >= 15 is 0 Å². The van der Waals surface area contributed by atoms with Crippen LogP contribution in [0.25, 0.3) is 0 Å². The molecule has 4 rings (SSSR count). The van der Waals surface area contributed by atoms with Gasteiger partial charge in [-0.05, 0) is 50.3 Å². The molecule has 0 aliphatic carbocycles. The molecule has 0 fully saturated rings. The summed E-state index contributed by atoms with van der Waals surface area (Å²) in [5, 5.41) is 0. The van der Waals surface area contributed by atoms with Crippen LogP contribution in [0.5, 0.6) is 11.5 Å². The van der Waals surface area contributed by atoms with Crippen LogP contribution in [-0.4, -0.2) is 19.2 Å². The van der Waals surface area contributed by atoms with E-state index in [1.165, 1.54) is 12.1 Å². The van der Waals surface area contributed by atoms with E-state index in [1.807, 2.05) is 12.2 Å². The van der Waals surface area contributed by atoms with Crippen LogP contribution in [0.1, 0.15) is 48.0 Å². The summed E-state index contributed by atoms with van der Waals surface area (Å²) in [7, 11) is 0. The van der Waals surface area contributed by atoms with E-state index in [9.17, 15) is 26.7 Å². The van der Waals surface area contributed by atoms with E-state index < -0.39 is 47.2 Å². The molecule has 0 N–H and O–H groups in total. The molecule has 0 aromatic heterocycles. The molecule has 0 amide bonds. The van der Waals surface area contributed by atoms with Crippen molar-refractivity contribution in [1.29, 1.82) is 0 Å². The van der Waals surface area contributed by atoms with E-state index in [-0.39, 0.29) is 17.9 Å². The number of hydrogen-bond donors (Lipinski definition) is 0. The fraction of sp³-hybridized carbons (Fsp3) is 0.320. The first-order chi connectivity index (χ1) is 16.3. The van der Waals surface area contributed by atoms with Crippen molar-refractivity contribution in [2.75, 3.05) is 13.2 Å². The van der Waals surface area contributed by atoms with Crippen molar-refractivity contribution < 1.29 is 41.0 Å². The highest BCUT2D eigenvalue weighted by Crippen LogP contribution is 2.28. The molecule has 0 atom stereocenters. The first-order valence-corrected chi connectivity index (χ1v) is 10.7. The average molecular weight is 482 g/mol. The molecule has 182 valence electrons. The van der Waals surface area contributed by atoms with Crippen LogP contribution in [0.2, 0.25) is 0 Å². The molecule has 0 unspecified atom stereocenters. The Hall–Kier alpha value is -3.36. The standard InChI is InChI=1S/C25H23F5O4/c1-15-7-4-2-3-5-11-33-19-10-9-16(32-12-6-8-15)13-17(19)25(31)34-14-18-20(26)22(28)24(30)23(29)21(18)27/h4,7,9-10,13H,1-3,5-6,8,11-12,14H2/b7-4+. The lowest BCUT2D eigenvalue weighted by Crippen LogP contribution is -2.13. The van der Waals surface area contributed by atoms with E-state index in [0.29, 0.717) is 25.2 Å². The zero-order chi connectivity index (χ0) is 24.7. The van der Waals surface area contributed by atoms with E-state index in [2.05, 4.69) is 6.58 Å². The predicted octanol–water partition coefficient (Wildman–Crippen LogP) is 6.57. The van der Waals surface area contributed by atoms with Crippen LogP contribution in [0.3, 0.4) is 0 Å². The summed E-state index contributed by atoms with van der Waals surface area (Å²) >= 11 is 0. The lowest BCUT2D eigenvalue weighted by Gasteiger charge is -2.14. The van der Waals surface area contributed by atoms with Crippen molar-refractivity contribution >= 4 is 5.97 Å². The molecule has 2 aliphatic heterocycles. The normalized spacial score (nSPS) is 16.0. The predicted molar refractivity (Wildman–Crippen MR) is 114 cm³/mol. The SMILES string of the molecule is C=C1/C=C/CCCCOc2ccc(cc2C(=O)OCc2c(F)c(F)c(F)c(F)c2F)OCCC1. The van der Waals surface area contributed by atoms with Gasteiger partial charge in [-0.1, -0.05) is 24.3 Å². The highest BCUT2D eigenvalue weighted by Gasteiger charge is 2.27. The van der Waals surface area contributed by atoms with Crippen molar-refractivity contribution in [3.05, 3.63) is 82.7 Å². The molecular weight excluding hydrogens is 459 g/mol. The zero-order valence-electron chi connectivity index (χ0n) is 18.3. The number of carbonyl (C=O) groups is 1. The van der Waals surface area contributed by atoms with Crippen LogP contribution in [-0.2, 0) is 11.3 Å². The summed E-state index contributed by atoms with van der Waals surface area (Å²) in [4.78, 5) is 12.7. The van der Waals surface area contributed by atoms with Gasteiger partial charge in [0.25, 0.3) is 0 Å². The van der Waals surface area contributed by atoms with Crippen LogP contribution in [0.4, 0.5) is 22.0 Å². The number of carbonyl (C=O) groups excluding carboxylic acids is 1. The lowest BCUT2D eigenvalue weighted by atomic mass is 10.1. The van der Waals surface area contributed by atoms with Crippen LogP contribution >= 0.6 is 0 Å². The number of ether oxygens (including phenoxy) is 3. The second-order valence-electron chi connectivity index (χ2n) is 7.64. The van der Waals surface area contributed by atoms with Gasteiger partial charge in [0.05, 0.1) is 18.8 Å². The Morgan fingerprint density at radius 2 is 1.59 bits per heavy atom. The molecule has 0 saturated heterocycles. The maximum atomic E-state index is 13.9. The van der Waals surface area contributed by atoms with Crippen LogP contribution < -0.4 is 9.47 Å². The van der Waals surface area contributed by atoms with E-state index in [1.54, 1.807) is 6.07 Å². The molecule has 0 spiro atoms. The third-order valence-electron chi connectivity index (χ3n) is 5.11. The first-order valence-electron chi connectivity index (χ1n) is 10.7. The maximum Gasteiger partial charge on any atom is 0.342 e. The molecule has 0 saturated carbocycles. The second kappa shape index (κ2) is 11.7. The van der Waals surface area contributed by atoms with E-state index in [4.69, 9.17) is 14.2 Å². The fourth-order valence-electron chi connectivity index (χ4n) is 3.25. The lowest BCUT2D eigenvalue weighted by molar-refractivity contribution is 0.0456. The van der Waals surface area contributed by atoms with Crippen molar-refractivity contribution in [2.24, 2.45) is 0 Å². The van der Waals surface area contributed by atoms with Gasteiger partial charge in [-0.3, -0.25) is 0 Å². The van der Waals surface area contributed by atoms with Crippen LogP contribution in [0.15, 0.2) is 42.5 Å². The van der Waals surface area contributed by atoms with Gasteiger partial charge in [-0.15, -0.1) is 0 Å². The largest absolute Gasteiger partial charge is 0.494 e. The highest BCUT2D eigenvalue weighted by atomic mass is 19.2. The monoisotopic (exact) mass is 482 g/mol. The summed E-state index contributed by atoms with van der Waals surface area (Å²) in [5.41, 5.74) is -0.375. The molecule has 2 aromatic rings. The molecule has 2 heterocycles. The minimum atomic E-state index is -2.29. The smallest absolute Gasteiger partial charge is 0.342 e. The van der Waals surface area contributed by atoms with Gasteiger partial charge in [0.1, 0.15) is 23.7 Å². The van der Waals surface area contributed by atoms with Gasteiger partial charge in [-0.2, -0.15) is 0 Å². The number of hydrogen-bond acceptors (Lipinski definition) is 4. The fourth-order valence-corrected chi connectivity index (χ4v) is 3.25. The summed E-state index contributed by atoms with van der Waals surface area (Å²) in [6.07, 6.45) is 7.79. The number of fused-ring (bicyclic) bond motifs is 12. The summed E-state index contributed by atoms with van der Waals surface area (Å²) in [5.74, 6) is -11.2. The molecule has 34 heavy (non-hydrogen) atoms. The second-order valence-corrected chi connectivity index (χ2v) is 7.64. The number of rotatable bonds is 3. The number of esters is 1. The topological polar surface area (TPSA) is 44.8 Å². The zero-order valence-corrected chi connectivity index (χ0v) is 18.3. The van der Waals surface area contributed by atoms with Gasteiger partial charge in [-0.25, -0.2) is 26.7 Å². The first kappa shape index (κ1) is 25.3. The Balaban J connectivity index is 1.80. The summed E-state index contributed by atoms with van der Waals surface area (Å²) < 4.78 is 84.1. The maximum absolute atomic E-state index is 13.9. The molecule has 4 nitrogen and oxygen atoms in total. The quantitative estimate of drug-likeness (QED) is 0.215. The van der Waals surface area contributed by atoms with Gasteiger partial charge < -0.3 is 14.2 Å². The Kier molecular flexibility index (Phi) is 8.67. The molecule has 2 bridgehead atoms. The van der Waals surface area contributed by atoms with Crippen molar-refractivity contribution in [3.63, 3.8) is 0 Å². The minimum Gasteiger partial charge on any atom is -0.494 e. The summed E-state index contributed by atoms with van der Waals surface area (Å²) in [6, 6.07) is 4.43. The molecule has 2 aromatic carbocycles. The van der Waals surface area contributed by atoms with Crippen molar-refractivity contribution in [2.45, 2.75) is 38.7 Å². The third-order valence-corrected chi connectivity index (χ3v) is 5.11. The van der Waals surface area contributed by atoms with E-state index in [0.717, 1.165) is 24.8 Å². The molecule has 9 heteroatoms. The Bertz CT molecular complexity index is 1070. The number of halogens is 5. The van der Waals surface area contributed by atoms with Gasteiger partial charge in [0.2, 0.25) is 5.82 Å². The van der Waals surface area contributed by atoms with Gasteiger partial charge >= 0.3 is 5.97 Å². The van der Waals surface area contributed by atoms with Gasteiger partial charge in [0.15, 0.2) is 23.3 Å². The molecule has 0 radical (unpaired) electrons. The molecular formula is C25H23F5O4. The van der Waals surface area contributed by atoms with Crippen LogP contribution in [0, 0.1) is 29.1 Å². The average Bonchev–Trinajstić information content (AvgIpc) is 2.83. The number of benzene rings is 2. The minimum absolute atomic E-state index is 0.0993. The Morgan fingerprint density at radius 1 is 0.912 bits per heavy atom. The van der Waals surface area contributed by atoms with Gasteiger partial charge in [0, 0.05) is 0 Å². The third kappa shape index (κ3) is 6.15.